The first-order valence-corrected chi connectivity index (χ1v) is 7.61. The zero-order valence-electron chi connectivity index (χ0n) is 14.7. The Morgan fingerprint density at radius 3 is 2.81 bits per heavy atom. The molecule has 140 valence electrons. The van der Waals surface area contributed by atoms with E-state index in [1.807, 2.05) is 0 Å². The fourth-order valence-corrected chi connectivity index (χ4v) is 2.24. The summed E-state index contributed by atoms with van der Waals surface area (Å²) in [4.78, 5) is 12.5. The maximum atomic E-state index is 12.5. The number of aryl methyl sites for hydroxylation is 1. The molecule has 0 bridgehead atoms. The molecule has 0 spiro atoms. The van der Waals surface area contributed by atoms with Gasteiger partial charge in [-0.1, -0.05) is 5.21 Å². The van der Waals surface area contributed by atoms with Gasteiger partial charge < -0.3 is 15.2 Å². The zero-order valence-corrected chi connectivity index (χ0v) is 14.7. The first-order chi connectivity index (χ1) is 13.0. The lowest BCUT2D eigenvalue weighted by Gasteiger charge is -2.07. The molecule has 0 atom stereocenters. The minimum atomic E-state index is -0.566. The van der Waals surface area contributed by atoms with Crippen molar-refractivity contribution >= 4 is 17.9 Å². The van der Waals surface area contributed by atoms with Crippen molar-refractivity contribution in [2.24, 2.45) is 5.10 Å². The molecule has 0 unspecified atom stereocenters. The fourth-order valence-electron chi connectivity index (χ4n) is 2.24. The highest BCUT2D eigenvalue weighted by atomic mass is 16.6. The third-order valence-corrected chi connectivity index (χ3v) is 3.56. The van der Waals surface area contributed by atoms with Crippen LogP contribution < -0.4 is 20.6 Å². The van der Waals surface area contributed by atoms with E-state index in [-0.39, 0.29) is 17.3 Å². The van der Waals surface area contributed by atoms with E-state index in [0.29, 0.717) is 22.8 Å². The van der Waals surface area contributed by atoms with Crippen LogP contribution in [0.15, 0.2) is 27.9 Å². The standard InChI is InChI=1S/C15H16N8O4/c1-8-12(23(22-18-8)14-13(16)20-27-21-14)15(24)19-17-7-9-4-5-10(25-2)6-11(9)26-3/h4-7H,1-3H3,(H2,16,20)(H,19,24)/b17-7+. The van der Waals surface area contributed by atoms with Crippen LogP contribution in [0.5, 0.6) is 11.5 Å². The monoisotopic (exact) mass is 372 g/mol. The van der Waals surface area contributed by atoms with Crippen LogP contribution in [-0.4, -0.2) is 51.6 Å². The molecule has 0 aliphatic carbocycles. The van der Waals surface area contributed by atoms with Gasteiger partial charge in [-0.3, -0.25) is 4.79 Å². The van der Waals surface area contributed by atoms with Crippen molar-refractivity contribution < 1.29 is 18.9 Å². The highest BCUT2D eigenvalue weighted by Gasteiger charge is 2.22. The molecule has 0 saturated heterocycles. The van der Waals surface area contributed by atoms with Crippen molar-refractivity contribution in [1.82, 2.24) is 30.7 Å². The quantitative estimate of drug-likeness (QED) is 0.459. The van der Waals surface area contributed by atoms with Gasteiger partial charge in [0.05, 0.1) is 26.1 Å². The number of hydrazone groups is 1. The molecule has 2 heterocycles. The Morgan fingerprint density at radius 2 is 2.15 bits per heavy atom. The van der Waals surface area contributed by atoms with Gasteiger partial charge in [-0.05, 0) is 29.4 Å². The number of ether oxygens (including phenoxy) is 2. The highest BCUT2D eigenvalue weighted by molar-refractivity contribution is 5.95. The Labute approximate surface area is 152 Å². The van der Waals surface area contributed by atoms with E-state index < -0.39 is 5.91 Å². The number of hydrogen-bond donors (Lipinski definition) is 2. The Hall–Kier alpha value is -3.96. The average molecular weight is 372 g/mol. The predicted molar refractivity (Wildman–Crippen MR) is 93.0 cm³/mol. The molecule has 0 aliphatic heterocycles. The normalized spacial score (nSPS) is 10.9. The van der Waals surface area contributed by atoms with Gasteiger partial charge in [-0.2, -0.15) is 9.78 Å². The maximum absolute atomic E-state index is 12.5. The molecule has 12 nitrogen and oxygen atoms in total. The van der Waals surface area contributed by atoms with Crippen molar-refractivity contribution in [1.29, 1.82) is 0 Å². The van der Waals surface area contributed by atoms with Gasteiger partial charge in [0.15, 0.2) is 5.69 Å². The summed E-state index contributed by atoms with van der Waals surface area (Å²) in [5, 5.41) is 18.7. The van der Waals surface area contributed by atoms with E-state index in [2.05, 4.69) is 35.8 Å². The van der Waals surface area contributed by atoms with Gasteiger partial charge in [0.2, 0.25) is 11.6 Å². The number of nitrogen functional groups attached to an aromatic ring is 1. The van der Waals surface area contributed by atoms with E-state index in [1.165, 1.54) is 13.3 Å². The first kappa shape index (κ1) is 17.8. The second-order valence-corrected chi connectivity index (χ2v) is 5.22. The predicted octanol–water partition coefficient (Wildman–Crippen LogP) is 0.322. The largest absolute Gasteiger partial charge is 0.497 e. The van der Waals surface area contributed by atoms with Gasteiger partial charge in [0.25, 0.3) is 5.91 Å². The number of carbonyl (C=O) groups excluding carboxylic acids is 1. The molecule has 1 aromatic carbocycles. The van der Waals surface area contributed by atoms with Crippen LogP contribution in [0.3, 0.4) is 0 Å². The average Bonchev–Trinajstić information content (AvgIpc) is 3.26. The third kappa shape index (κ3) is 3.53. The van der Waals surface area contributed by atoms with Gasteiger partial charge in [-0.25, -0.2) is 10.1 Å². The van der Waals surface area contributed by atoms with Crippen LogP contribution in [0.2, 0.25) is 0 Å². The zero-order chi connectivity index (χ0) is 19.4. The minimum absolute atomic E-state index is 0.0274. The third-order valence-electron chi connectivity index (χ3n) is 3.56. The van der Waals surface area contributed by atoms with E-state index in [1.54, 1.807) is 32.2 Å². The lowest BCUT2D eigenvalue weighted by Crippen LogP contribution is -2.22. The molecular weight excluding hydrogens is 356 g/mol. The maximum Gasteiger partial charge on any atom is 0.292 e. The lowest BCUT2D eigenvalue weighted by molar-refractivity contribution is 0.0946. The first-order valence-electron chi connectivity index (χ1n) is 7.61. The van der Waals surface area contributed by atoms with Crippen LogP contribution in [0, 0.1) is 6.92 Å². The number of nitrogens with two attached hydrogens (primary N) is 1. The molecule has 0 radical (unpaired) electrons. The minimum Gasteiger partial charge on any atom is -0.497 e. The Kier molecular flexibility index (Phi) is 4.97. The van der Waals surface area contributed by atoms with E-state index in [9.17, 15) is 4.79 Å². The van der Waals surface area contributed by atoms with Crippen molar-refractivity contribution in [3.05, 3.63) is 35.2 Å². The molecule has 27 heavy (non-hydrogen) atoms. The summed E-state index contributed by atoms with van der Waals surface area (Å²) in [6, 6.07) is 5.19. The molecule has 3 rings (SSSR count). The summed E-state index contributed by atoms with van der Waals surface area (Å²) in [5.41, 5.74) is 9.13. The number of nitrogens with one attached hydrogen (secondary N) is 1. The number of methoxy groups -OCH3 is 2. The molecule has 3 aromatic rings. The van der Waals surface area contributed by atoms with Gasteiger partial charge in [0, 0.05) is 11.6 Å². The second kappa shape index (κ2) is 7.51. The lowest BCUT2D eigenvalue weighted by atomic mass is 10.2. The summed E-state index contributed by atoms with van der Waals surface area (Å²) >= 11 is 0. The molecule has 3 N–H and O–H groups in total. The van der Waals surface area contributed by atoms with Crippen LogP contribution in [0.1, 0.15) is 21.7 Å². The number of nitrogens with zero attached hydrogens (tertiary/aromatic N) is 6. The molecule has 1 amide bonds. The van der Waals surface area contributed by atoms with Crippen molar-refractivity contribution in [2.45, 2.75) is 6.92 Å². The summed E-state index contributed by atoms with van der Waals surface area (Å²) in [6.07, 6.45) is 1.44. The second-order valence-electron chi connectivity index (χ2n) is 5.22. The number of amides is 1. The summed E-state index contributed by atoms with van der Waals surface area (Å²) in [7, 11) is 3.08. The smallest absolute Gasteiger partial charge is 0.292 e. The Bertz CT molecular complexity index is 994. The number of carbonyl (C=O) groups is 1. The molecule has 12 heteroatoms. The number of aromatic nitrogens is 5. The van der Waals surface area contributed by atoms with Crippen LogP contribution >= 0.6 is 0 Å². The topological polar surface area (TPSA) is 156 Å². The summed E-state index contributed by atoms with van der Waals surface area (Å²) in [6.45, 7) is 1.61. The Balaban J connectivity index is 1.81. The fraction of sp³-hybridized carbons (Fsp3) is 0.200. The Morgan fingerprint density at radius 1 is 1.33 bits per heavy atom. The molecular formula is C15H16N8O4. The van der Waals surface area contributed by atoms with E-state index in [4.69, 9.17) is 15.2 Å². The highest BCUT2D eigenvalue weighted by Crippen LogP contribution is 2.23. The number of benzene rings is 1. The van der Waals surface area contributed by atoms with Crippen LogP contribution in [0.4, 0.5) is 5.82 Å². The summed E-state index contributed by atoms with van der Waals surface area (Å²) in [5.74, 6) is 0.639. The van der Waals surface area contributed by atoms with Crippen LogP contribution in [-0.2, 0) is 0 Å². The van der Waals surface area contributed by atoms with Gasteiger partial charge in [-0.15, -0.1) is 5.10 Å². The summed E-state index contributed by atoms with van der Waals surface area (Å²) < 4.78 is 16.1. The molecule has 0 aliphatic rings. The SMILES string of the molecule is COc1ccc(/C=N/NC(=O)c2c(C)nnn2-c2nonc2N)c(OC)c1. The van der Waals surface area contributed by atoms with Crippen molar-refractivity contribution in [3.63, 3.8) is 0 Å². The number of hydrogen-bond acceptors (Lipinski definition) is 10. The van der Waals surface area contributed by atoms with Gasteiger partial charge in [0.1, 0.15) is 11.5 Å². The number of anilines is 1. The van der Waals surface area contributed by atoms with E-state index in [0.717, 1.165) is 4.68 Å². The molecule has 0 fully saturated rings. The van der Waals surface area contributed by atoms with Gasteiger partial charge >= 0.3 is 0 Å². The van der Waals surface area contributed by atoms with Crippen molar-refractivity contribution in [3.8, 4) is 17.3 Å². The number of rotatable bonds is 6. The molecule has 2 aromatic heterocycles. The van der Waals surface area contributed by atoms with E-state index >= 15 is 0 Å². The van der Waals surface area contributed by atoms with Crippen LogP contribution in [0.25, 0.3) is 5.82 Å². The van der Waals surface area contributed by atoms with Crippen molar-refractivity contribution in [2.75, 3.05) is 20.0 Å². The molecule has 0 saturated carbocycles.